The number of sulfone groups is 1. The van der Waals surface area contributed by atoms with Crippen molar-refractivity contribution in [2.45, 2.75) is 49.0 Å². The third-order valence-corrected chi connectivity index (χ3v) is 8.21. The van der Waals surface area contributed by atoms with Crippen molar-refractivity contribution in [1.29, 1.82) is 0 Å². The van der Waals surface area contributed by atoms with Crippen molar-refractivity contribution in [2.24, 2.45) is 11.8 Å². The molecule has 0 radical (unpaired) electrons. The van der Waals surface area contributed by atoms with E-state index in [4.69, 9.17) is 0 Å². The highest BCUT2D eigenvalue weighted by molar-refractivity contribution is 7.91. The van der Waals surface area contributed by atoms with Crippen LogP contribution in [0.1, 0.15) is 49.3 Å². The highest BCUT2D eigenvalue weighted by Crippen LogP contribution is 2.41. The van der Waals surface area contributed by atoms with Gasteiger partial charge in [-0.1, -0.05) is 0 Å². The van der Waals surface area contributed by atoms with Crippen LogP contribution in [0, 0.1) is 11.8 Å². The van der Waals surface area contributed by atoms with Crippen LogP contribution in [-0.4, -0.2) is 54.1 Å². The Kier molecular flexibility index (Phi) is 3.74. The van der Waals surface area contributed by atoms with E-state index in [2.05, 4.69) is 15.3 Å². The van der Waals surface area contributed by atoms with Crippen LogP contribution in [0.5, 0.6) is 0 Å². The van der Waals surface area contributed by atoms with Gasteiger partial charge in [0.15, 0.2) is 9.84 Å². The van der Waals surface area contributed by atoms with Crippen molar-refractivity contribution in [3.63, 3.8) is 0 Å². The lowest BCUT2D eigenvalue weighted by Crippen LogP contribution is -2.35. The van der Waals surface area contributed by atoms with Crippen molar-refractivity contribution in [1.82, 2.24) is 14.9 Å². The zero-order valence-electron chi connectivity index (χ0n) is 14.7. The molecule has 0 aromatic carbocycles. The molecule has 140 valence electrons. The van der Waals surface area contributed by atoms with Gasteiger partial charge in [-0.2, -0.15) is 0 Å². The molecule has 3 heterocycles. The van der Waals surface area contributed by atoms with E-state index in [1.54, 1.807) is 11.1 Å². The van der Waals surface area contributed by atoms with Gasteiger partial charge in [0.05, 0.1) is 16.7 Å². The Bertz CT molecular complexity index is 848. The van der Waals surface area contributed by atoms with Gasteiger partial charge in [0, 0.05) is 43.7 Å². The number of hydrogen-bond acceptors (Lipinski definition) is 6. The second-order valence-electron chi connectivity index (χ2n) is 8.33. The number of rotatable bonds is 5. The second kappa shape index (κ2) is 5.90. The molecule has 0 unspecified atom stereocenters. The van der Waals surface area contributed by atoms with E-state index in [-0.39, 0.29) is 17.6 Å². The van der Waals surface area contributed by atoms with Gasteiger partial charge < -0.3 is 10.2 Å². The zero-order chi connectivity index (χ0) is 17.9. The maximum absolute atomic E-state index is 12.7. The molecule has 2 saturated carbocycles. The fraction of sp³-hybridized carbons (Fsp3) is 0.722. The first-order valence-corrected chi connectivity index (χ1v) is 11.3. The summed E-state index contributed by atoms with van der Waals surface area (Å²) in [6.45, 7) is 1.64. The molecule has 1 N–H and O–H groups in total. The summed E-state index contributed by atoms with van der Waals surface area (Å²) in [5.41, 5.74) is 1.51. The van der Waals surface area contributed by atoms with Gasteiger partial charge in [-0.3, -0.25) is 4.79 Å². The molecule has 1 saturated heterocycles. The molecule has 1 aromatic heterocycles. The Hall–Kier alpha value is -1.70. The van der Waals surface area contributed by atoms with Crippen LogP contribution in [0.15, 0.2) is 6.20 Å². The van der Waals surface area contributed by atoms with Gasteiger partial charge in [0.1, 0.15) is 0 Å². The van der Waals surface area contributed by atoms with Gasteiger partial charge in [-0.25, -0.2) is 18.4 Å². The average Bonchev–Trinajstić information content (AvgIpc) is 3.52. The van der Waals surface area contributed by atoms with Crippen molar-refractivity contribution < 1.29 is 13.2 Å². The lowest BCUT2D eigenvalue weighted by molar-refractivity contribution is -0.130. The van der Waals surface area contributed by atoms with Crippen molar-refractivity contribution in [3.8, 4) is 0 Å². The number of anilines is 1. The van der Waals surface area contributed by atoms with Crippen LogP contribution in [0.25, 0.3) is 0 Å². The molecule has 2 aliphatic carbocycles. The highest BCUT2D eigenvalue weighted by atomic mass is 32.2. The minimum absolute atomic E-state index is 0.0168. The topological polar surface area (TPSA) is 92.3 Å². The van der Waals surface area contributed by atoms with E-state index in [0.29, 0.717) is 42.9 Å². The predicted octanol–water partition coefficient (Wildman–Crippen LogP) is 1.32. The molecule has 2 atom stereocenters. The van der Waals surface area contributed by atoms with E-state index in [1.807, 2.05) is 0 Å². The van der Waals surface area contributed by atoms with Crippen LogP contribution in [-0.2, 0) is 20.4 Å². The zero-order valence-corrected chi connectivity index (χ0v) is 15.5. The van der Waals surface area contributed by atoms with Gasteiger partial charge in [-0.15, -0.1) is 0 Å². The molecule has 0 bridgehead atoms. The lowest BCUT2D eigenvalue weighted by atomic mass is 10.00. The second-order valence-corrected chi connectivity index (χ2v) is 10.5. The number of hydrogen-bond donors (Lipinski definition) is 1. The predicted molar refractivity (Wildman–Crippen MR) is 96.3 cm³/mol. The smallest absolute Gasteiger partial charge is 0.222 e. The van der Waals surface area contributed by atoms with Crippen LogP contribution < -0.4 is 5.32 Å². The number of nitrogens with zero attached hydrogens (tertiary/aromatic N) is 3. The van der Waals surface area contributed by atoms with E-state index in [9.17, 15) is 13.2 Å². The number of carbonyl (C=O) groups excluding carboxylic acids is 1. The Morgan fingerprint density at radius 1 is 1.19 bits per heavy atom. The summed E-state index contributed by atoms with van der Waals surface area (Å²) in [4.78, 5) is 23.2. The molecular weight excluding hydrogens is 352 g/mol. The van der Waals surface area contributed by atoms with Crippen LogP contribution in [0.3, 0.4) is 0 Å². The Balaban J connectivity index is 1.40. The summed E-state index contributed by atoms with van der Waals surface area (Å²) in [5.74, 6) is 1.66. The summed E-state index contributed by atoms with van der Waals surface area (Å²) in [6.07, 6.45) is 6.95. The standard InChI is InChI=1S/C18H24N4O3S/c23-16(5-11-1-2-11)22-8-14-15(9-22)26(24,25)10-13-7-20-18(21-17(13)14)19-6-12-3-4-12/h7,11-12,14-15H,1-6,8-10H2,(H,19,20,21)/t14-,15+/m0/s1. The van der Waals surface area contributed by atoms with Crippen LogP contribution >= 0.6 is 0 Å². The lowest BCUT2D eigenvalue weighted by Gasteiger charge is -2.26. The minimum atomic E-state index is -3.28. The quantitative estimate of drug-likeness (QED) is 0.833. The number of likely N-dealkylation sites (tertiary alicyclic amines) is 1. The Morgan fingerprint density at radius 3 is 2.69 bits per heavy atom. The fourth-order valence-electron chi connectivity index (χ4n) is 4.12. The average molecular weight is 376 g/mol. The number of carbonyl (C=O) groups is 1. The van der Waals surface area contributed by atoms with E-state index < -0.39 is 15.1 Å². The van der Waals surface area contributed by atoms with Crippen molar-refractivity contribution in [3.05, 3.63) is 17.5 Å². The summed E-state index contributed by atoms with van der Waals surface area (Å²) < 4.78 is 25.5. The van der Waals surface area contributed by atoms with Gasteiger partial charge in [0.2, 0.25) is 11.9 Å². The summed E-state index contributed by atoms with van der Waals surface area (Å²) in [7, 11) is -3.28. The highest BCUT2D eigenvalue weighted by Gasteiger charge is 2.48. The van der Waals surface area contributed by atoms with Gasteiger partial charge >= 0.3 is 0 Å². The maximum Gasteiger partial charge on any atom is 0.222 e. The largest absolute Gasteiger partial charge is 0.354 e. The van der Waals surface area contributed by atoms with Crippen molar-refractivity contribution >= 4 is 21.7 Å². The molecule has 8 heteroatoms. The normalized spacial score (nSPS) is 29.2. The van der Waals surface area contributed by atoms with Crippen LogP contribution in [0.4, 0.5) is 5.95 Å². The van der Waals surface area contributed by atoms with E-state index in [1.165, 1.54) is 12.8 Å². The van der Waals surface area contributed by atoms with Gasteiger partial charge in [-0.05, 0) is 37.5 Å². The van der Waals surface area contributed by atoms with Crippen molar-refractivity contribution in [2.75, 3.05) is 25.0 Å². The maximum atomic E-state index is 12.7. The molecule has 26 heavy (non-hydrogen) atoms. The molecule has 2 aliphatic heterocycles. The van der Waals surface area contributed by atoms with E-state index in [0.717, 1.165) is 25.1 Å². The molecular formula is C18H24N4O3S. The number of amides is 1. The van der Waals surface area contributed by atoms with Crippen LogP contribution in [0.2, 0.25) is 0 Å². The molecule has 3 fully saturated rings. The minimum Gasteiger partial charge on any atom is -0.354 e. The first-order chi connectivity index (χ1) is 12.5. The SMILES string of the molecule is O=C(CC1CC1)N1C[C@@H]2c3nc(NCC4CC4)ncc3CS(=O)(=O)[C@@H]2C1. The van der Waals surface area contributed by atoms with E-state index >= 15 is 0 Å². The molecule has 0 spiro atoms. The first-order valence-electron chi connectivity index (χ1n) is 9.58. The third kappa shape index (κ3) is 3.08. The Morgan fingerprint density at radius 2 is 1.96 bits per heavy atom. The molecule has 7 nitrogen and oxygen atoms in total. The molecule has 4 aliphatic rings. The monoisotopic (exact) mass is 376 g/mol. The first kappa shape index (κ1) is 16.5. The molecule has 1 amide bonds. The number of nitrogens with one attached hydrogen (secondary N) is 1. The summed E-state index contributed by atoms with van der Waals surface area (Å²) in [6, 6.07) is 0. The van der Waals surface area contributed by atoms with Gasteiger partial charge in [0.25, 0.3) is 0 Å². The number of fused-ring (bicyclic) bond motifs is 3. The summed E-state index contributed by atoms with van der Waals surface area (Å²) in [5, 5.41) is 2.75. The molecule has 1 aromatic rings. The fourth-order valence-corrected chi connectivity index (χ4v) is 6.11. The summed E-state index contributed by atoms with van der Waals surface area (Å²) >= 11 is 0. The Labute approximate surface area is 153 Å². The third-order valence-electron chi connectivity index (χ3n) is 6.09. The number of aromatic nitrogens is 2. The molecule has 5 rings (SSSR count).